The van der Waals surface area contributed by atoms with Gasteiger partial charge >= 0.3 is 0 Å². The predicted molar refractivity (Wildman–Crippen MR) is 111 cm³/mol. The maximum Gasteiger partial charge on any atom is 0.230 e. The second-order valence-corrected chi connectivity index (χ2v) is 7.29. The number of nitrogen functional groups attached to an aromatic ring is 1. The molecule has 0 fully saturated rings. The van der Waals surface area contributed by atoms with Gasteiger partial charge in [-0.3, -0.25) is 4.79 Å². The minimum Gasteiger partial charge on any atom is -0.492 e. The first-order valence-electron chi connectivity index (χ1n) is 8.89. The third-order valence-electron chi connectivity index (χ3n) is 3.99. The molecule has 0 spiro atoms. The van der Waals surface area contributed by atoms with E-state index < -0.39 is 0 Å². The summed E-state index contributed by atoms with van der Waals surface area (Å²) in [5.41, 5.74) is 3.17. The molecule has 0 atom stereocenters. The molecule has 0 aliphatic carbocycles. The molecule has 0 radical (unpaired) electrons. The fourth-order valence-electron chi connectivity index (χ4n) is 2.52. The predicted octanol–water partition coefficient (Wildman–Crippen LogP) is 2.56. The fraction of sp³-hybridized carbons (Fsp3) is 0.250. The molecule has 3 rings (SSSR count). The number of aryl methyl sites for hydroxylation is 2. The molecule has 0 saturated heterocycles. The van der Waals surface area contributed by atoms with Crippen LogP contribution in [0.1, 0.15) is 11.1 Å². The van der Waals surface area contributed by atoms with Gasteiger partial charge in [0.1, 0.15) is 12.4 Å². The Labute approximate surface area is 168 Å². The Morgan fingerprint density at radius 1 is 1.14 bits per heavy atom. The Morgan fingerprint density at radius 3 is 2.68 bits per heavy atom. The van der Waals surface area contributed by atoms with Crippen molar-refractivity contribution in [1.82, 2.24) is 20.2 Å². The van der Waals surface area contributed by atoms with Crippen LogP contribution in [0.15, 0.2) is 53.7 Å². The third kappa shape index (κ3) is 5.26. The summed E-state index contributed by atoms with van der Waals surface area (Å²) in [7, 11) is 0. The van der Waals surface area contributed by atoms with E-state index >= 15 is 0 Å². The fourth-order valence-corrected chi connectivity index (χ4v) is 3.21. The van der Waals surface area contributed by atoms with Gasteiger partial charge in [0.25, 0.3) is 0 Å². The summed E-state index contributed by atoms with van der Waals surface area (Å²) >= 11 is 1.24. The van der Waals surface area contributed by atoms with Gasteiger partial charge in [0.15, 0.2) is 5.82 Å². The summed E-state index contributed by atoms with van der Waals surface area (Å²) < 4.78 is 7.02. The molecule has 0 aliphatic rings. The lowest BCUT2D eigenvalue weighted by atomic mass is 10.1. The van der Waals surface area contributed by atoms with Crippen molar-refractivity contribution in [2.45, 2.75) is 19.0 Å². The number of thioether (sulfide) groups is 1. The number of nitrogens with two attached hydrogens (primary N) is 1. The summed E-state index contributed by atoms with van der Waals surface area (Å²) in [6.07, 6.45) is 0. The highest BCUT2D eigenvalue weighted by atomic mass is 32.2. The minimum atomic E-state index is -0.113. The molecule has 0 unspecified atom stereocenters. The van der Waals surface area contributed by atoms with Crippen molar-refractivity contribution >= 4 is 17.7 Å². The van der Waals surface area contributed by atoms with Crippen molar-refractivity contribution in [3.63, 3.8) is 0 Å². The molecule has 1 amide bonds. The number of amides is 1. The second kappa shape index (κ2) is 9.27. The number of carbonyl (C=O) groups excluding carboxylic acids is 1. The molecular weight excluding hydrogens is 374 g/mol. The van der Waals surface area contributed by atoms with Gasteiger partial charge in [-0.2, -0.15) is 0 Å². The van der Waals surface area contributed by atoms with E-state index in [0.717, 1.165) is 22.4 Å². The van der Waals surface area contributed by atoms with Crippen LogP contribution in [0.5, 0.6) is 5.75 Å². The lowest BCUT2D eigenvalue weighted by Crippen LogP contribution is -2.29. The summed E-state index contributed by atoms with van der Waals surface area (Å²) in [6.45, 7) is 4.86. The van der Waals surface area contributed by atoms with Crippen LogP contribution in [-0.4, -0.2) is 39.7 Å². The number of carbonyl (C=O) groups is 1. The molecular formula is C20H23N5O2S. The monoisotopic (exact) mass is 397 g/mol. The van der Waals surface area contributed by atoms with Crippen molar-refractivity contribution in [2.24, 2.45) is 0 Å². The lowest BCUT2D eigenvalue weighted by molar-refractivity contribution is -0.118. The van der Waals surface area contributed by atoms with Gasteiger partial charge in [-0.05, 0) is 31.5 Å². The number of hydrogen-bond acceptors (Lipinski definition) is 6. The van der Waals surface area contributed by atoms with Crippen molar-refractivity contribution in [3.8, 4) is 17.1 Å². The smallest absolute Gasteiger partial charge is 0.230 e. The van der Waals surface area contributed by atoms with Crippen LogP contribution in [0.2, 0.25) is 0 Å². The highest BCUT2D eigenvalue weighted by Gasteiger charge is 2.13. The summed E-state index contributed by atoms with van der Waals surface area (Å²) in [6, 6.07) is 15.7. The summed E-state index contributed by atoms with van der Waals surface area (Å²) in [5, 5.41) is 11.5. The van der Waals surface area contributed by atoms with Crippen molar-refractivity contribution < 1.29 is 9.53 Å². The van der Waals surface area contributed by atoms with Crippen LogP contribution < -0.4 is 15.9 Å². The summed E-state index contributed by atoms with van der Waals surface area (Å²) in [4.78, 5) is 12.0. The van der Waals surface area contributed by atoms with Crippen molar-refractivity contribution in [1.29, 1.82) is 0 Å². The average Bonchev–Trinajstić information content (AvgIpc) is 3.05. The lowest BCUT2D eigenvalue weighted by Gasteiger charge is -2.08. The van der Waals surface area contributed by atoms with E-state index in [9.17, 15) is 4.79 Å². The number of nitrogens with zero attached hydrogens (tertiary/aromatic N) is 3. The molecule has 28 heavy (non-hydrogen) atoms. The van der Waals surface area contributed by atoms with Gasteiger partial charge in [-0.1, -0.05) is 53.7 Å². The molecule has 3 aromatic rings. The molecule has 1 aromatic heterocycles. The molecule has 2 aromatic carbocycles. The summed E-state index contributed by atoms with van der Waals surface area (Å²) in [5.74, 6) is 7.53. The van der Waals surface area contributed by atoms with E-state index in [1.807, 2.05) is 62.4 Å². The van der Waals surface area contributed by atoms with Crippen LogP contribution >= 0.6 is 11.8 Å². The average molecular weight is 398 g/mol. The molecule has 146 valence electrons. The molecule has 7 nitrogen and oxygen atoms in total. The highest BCUT2D eigenvalue weighted by Crippen LogP contribution is 2.21. The van der Waals surface area contributed by atoms with Crippen LogP contribution in [0.3, 0.4) is 0 Å². The Hall–Kier alpha value is -3.00. The number of ether oxygens (including phenoxy) is 1. The molecule has 3 N–H and O–H groups in total. The van der Waals surface area contributed by atoms with Crippen LogP contribution in [-0.2, 0) is 4.79 Å². The number of benzene rings is 2. The first-order valence-corrected chi connectivity index (χ1v) is 9.88. The maximum atomic E-state index is 12.0. The van der Waals surface area contributed by atoms with E-state index in [0.29, 0.717) is 24.1 Å². The van der Waals surface area contributed by atoms with E-state index in [-0.39, 0.29) is 11.7 Å². The van der Waals surface area contributed by atoms with E-state index in [1.165, 1.54) is 16.4 Å². The molecule has 1 heterocycles. The molecule has 0 bridgehead atoms. The Balaban J connectivity index is 1.44. The standard InChI is InChI=1S/C20H23N5O2S/c1-14-6-8-16(9-7-14)19-23-24-20(25(19)21)28-13-18(26)22-10-11-27-17-5-3-4-15(2)12-17/h3-9,12H,10-11,13,21H2,1-2H3,(H,22,26). The van der Waals surface area contributed by atoms with Gasteiger partial charge < -0.3 is 15.9 Å². The first kappa shape index (κ1) is 19.8. The largest absolute Gasteiger partial charge is 0.492 e. The zero-order valence-corrected chi connectivity index (χ0v) is 16.7. The van der Waals surface area contributed by atoms with Gasteiger partial charge in [0, 0.05) is 5.56 Å². The van der Waals surface area contributed by atoms with Crippen molar-refractivity contribution in [3.05, 3.63) is 59.7 Å². The normalized spacial score (nSPS) is 10.6. The van der Waals surface area contributed by atoms with Crippen LogP contribution in [0.25, 0.3) is 11.4 Å². The first-order chi connectivity index (χ1) is 13.5. The SMILES string of the molecule is Cc1ccc(-c2nnc(SCC(=O)NCCOc3cccc(C)c3)n2N)cc1. The molecule has 0 aliphatic heterocycles. The molecule has 0 saturated carbocycles. The number of hydrogen-bond donors (Lipinski definition) is 2. The number of rotatable bonds is 8. The number of nitrogens with one attached hydrogen (secondary N) is 1. The second-order valence-electron chi connectivity index (χ2n) is 6.35. The van der Waals surface area contributed by atoms with E-state index in [4.69, 9.17) is 10.6 Å². The van der Waals surface area contributed by atoms with Gasteiger partial charge in [-0.15, -0.1) is 10.2 Å². The topological polar surface area (TPSA) is 95.1 Å². The van der Waals surface area contributed by atoms with Gasteiger partial charge in [0.05, 0.1) is 12.3 Å². The van der Waals surface area contributed by atoms with E-state index in [1.54, 1.807) is 0 Å². The molecule has 8 heteroatoms. The van der Waals surface area contributed by atoms with Gasteiger partial charge in [0.2, 0.25) is 11.1 Å². The van der Waals surface area contributed by atoms with Gasteiger partial charge in [-0.25, -0.2) is 4.68 Å². The zero-order chi connectivity index (χ0) is 19.9. The Bertz CT molecular complexity index is 940. The number of aromatic nitrogens is 3. The Kier molecular flexibility index (Phi) is 6.54. The minimum absolute atomic E-state index is 0.113. The van der Waals surface area contributed by atoms with Crippen molar-refractivity contribution in [2.75, 3.05) is 24.7 Å². The third-order valence-corrected chi connectivity index (χ3v) is 4.93. The highest BCUT2D eigenvalue weighted by molar-refractivity contribution is 7.99. The zero-order valence-electron chi connectivity index (χ0n) is 15.9. The van der Waals surface area contributed by atoms with E-state index in [2.05, 4.69) is 15.5 Å². The van der Waals surface area contributed by atoms with Crippen LogP contribution in [0, 0.1) is 13.8 Å². The quantitative estimate of drug-likeness (QED) is 0.345. The Morgan fingerprint density at radius 2 is 1.93 bits per heavy atom. The van der Waals surface area contributed by atoms with Crippen LogP contribution in [0.4, 0.5) is 0 Å². The maximum absolute atomic E-state index is 12.0.